The van der Waals surface area contributed by atoms with Crippen LogP contribution >= 0.6 is 27.5 Å². The van der Waals surface area contributed by atoms with Crippen LogP contribution in [0.2, 0.25) is 5.02 Å². The SMILES string of the molecule is Cc1cc(OCCN(CCBr)C(C)C)c(C(C)C)cc1Cl. The first kappa shape index (κ1) is 18.8. The highest BCUT2D eigenvalue weighted by molar-refractivity contribution is 9.09. The van der Waals surface area contributed by atoms with Gasteiger partial charge in [0.2, 0.25) is 0 Å². The van der Waals surface area contributed by atoms with E-state index in [1.807, 2.05) is 13.0 Å². The van der Waals surface area contributed by atoms with Gasteiger partial charge >= 0.3 is 0 Å². The lowest BCUT2D eigenvalue weighted by atomic mass is 10.0. The van der Waals surface area contributed by atoms with Gasteiger partial charge in [0.05, 0.1) is 0 Å². The minimum absolute atomic E-state index is 0.404. The largest absolute Gasteiger partial charge is 0.492 e. The Morgan fingerprint density at radius 1 is 1.19 bits per heavy atom. The predicted molar refractivity (Wildman–Crippen MR) is 96.3 cm³/mol. The second kappa shape index (κ2) is 9.02. The summed E-state index contributed by atoms with van der Waals surface area (Å²) in [5.41, 5.74) is 2.25. The van der Waals surface area contributed by atoms with Crippen molar-refractivity contribution in [3.63, 3.8) is 0 Å². The molecule has 0 saturated heterocycles. The van der Waals surface area contributed by atoms with Gasteiger partial charge in [-0.1, -0.05) is 41.4 Å². The summed E-state index contributed by atoms with van der Waals surface area (Å²) < 4.78 is 6.05. The van der Waals surface area contributed by atoms with Crippen molar-refractivity contribution in [1.29, 1.82) is 0 Å². The smallest absolute Gasteiger partial charge is 0.123 e. The summed E-state index contributed by atoms with van der Waals surface area (Å²) >= 11 is 9.73. The summed E-state index contributed by atoms with van der Waals surface area (Å²) in [6.07, 6.45) is 0. The molecular weight excluding hydrogens is 350 g/mol. The van der Waals surface area contributed by atoms with Crippen LogP contribution in [0.15, 0.2) is 12.1 Å². The van der Waals surface area contributed by atoms with Gasteiger partial charge in [-0.3, -0.25) is 4.90 Å². The van der Waals surface area contributed by atoms with E-state index in [4.69, 9.17) is 16.3 Å². The van der Waals surface area contributed by atoms with Crippen LogP contribution in [0.3, 0.4) is 0 Å². The topological polar surface area (TPSA) is 12.5 Å². The van der Waals surface area contributed by atoms with Crippen LogP contribution in [0.25, 0.3) is 0 Å². The first-order chi connectivity index (χ1) is 9.86. The van der Waals surface area contributed by atoms with E-state index < -0.39 is 0 Å². The normalized spacial score (nSPS) is 11.7. The molecule has 0 aromatic heterocycles. The zero-order chi connectivity index (χ0) is 16.0. The third-order valence-electron chi connectivity index (χ3n) is 3.65. The number of nitrogens with zero attached hydrogens (tertiary/aromatic N) is 1. The third kappa shape index (κ3) is 5.80. The Kier molecular flexibility index (Phi) is 8.07. The van der Waals surface area contributed by atoms with Crippen LogP contribution in [-0.2, 0) is 0 Å². The van der Waals surface area contributed by atoms with Gasteiger partial charge in [0.15, 0.2) is 0 Å². The second-order valence-corrected chi connectivity index (χ2v) is 7.16. The monoisotopic (exact) mass is 375 g/mol. The maximum Gasteiger partial charge on any atom is 0.123 e. The Balaban J connectivity index is 2.72. The van der Waals surface area contributed by atoms with Crippen molar-refractivity contribution in [2.75, 3.05) is 25.0 Å². The average Bonchev–Trinajstić information content (AvgIpc) is 2.40. The van der Waals surface area contributed by atoms with Crippen molar-refractivity contribution in [1.82, 2.24) is 4.90 Å². The van der Waals surface area contributed by atoms with E-state index >= 15 is 0 Å². The van der Waals surface area contributed by atoms with Gasteiger partial charge in [-0.05, 0) is 49.9 Å². The number of hydrogen-bond acceptors (Lipinski definition) is 2. The van der Waals surface area contributed by atoms with Gasteiger partial charge in [-0.2, -0.15) is 0 Å². The van der Waals surface area contributed by atoms with Crippen molar-refractivity contribution in [3.8, 4) is 5.75 Å². The maximum absolute atomic E-state index is 6.23. The van der Waals surface area contributed by atoms with Crippen LogP contribution in [0.4, 0.5) is 0 Å². The van der Waals surface area contributed by atoms with Crippen LogP contribution < -0.4 is 4.74 Å². The Morgan fingerprint density at radius 3 is 2.38 bits per heavy atom. The summed E-state index contributed by atoms with van der Waals surface area (Å²) in [5, 5.41) is 1.80. The summed E-state index contributed by atoms with van der Waals surface area (Å²) in [6, 6.07) is 4.62. The maximum atomic E-state index is 6.23. The molecular formula is C17H27BrClNO. The van der Waals surface area contributed by atoms with Crippen LogP contribution in [0.5, 0.6) is 5.75 Å². The first-order valence-electron chi connectivity index (χ1n) is 7.59. The number of benzene rings is 1. The lowest BCUT2D eigenvalue weighted by Gasteiger charge is -2.26. The molecule has 0 aliphatic rings. The molecule has 1 aromatic rings. The molecule has 0 N–H and O–H groups in total. The molecule has 0 aliphatic heterocycles. The molecule has 2 nitrogen and oxygen atoms in total. The Morgan fingerprint density at radius 2 is 1.86 bits per heavy atom. The lowest BCUT2D eigenvalue weighted by Crippen LogP contribution is -2.36. The van der Waals surface area contributed by atoms with Gasteiger partial charge in [0.25, 0.3) is 0 Å². The zero-order valence-electron chi connectivity index (χ0n) is 13.7. The molecule has 0 amide bonds. The quantitative estimate of drug-likeness (QED) is 0.574. The molecule has 0 spiro atoms. The molecule has 0 atom stereocenters. The van der Waals surface area contributed by atoms with E-state index in [0.717, 1.165) is 34.8 Å². The van der Waals surface area contributed by atoms with Crippen molar-refractivity contribution >= 4 is 27.5 Å². The fourth-order valence-electron chi connectivity index (χ4n) is 2.26. The molecule has 0 aliphatic carbocycles. The molecule has 0 fully saturated rings. The van der Waals surface area contributed by atoms with E-state index in [2.05, 4.69) is 54.6 Å². The molecule has 0 heterocycles. The van der Waals surface area contributed by atoms with Crippen LogP contribution in [0, 0.1) is 6.92 Å². The molecule has 1 rings (SSSR count). The predicted octanol–water partition coefficient (Wildman–Crippen LogP) is 5.26. The second-order valence-electron chi connectivity index (χ2n) is 5.96. The van der Waals surface area contributed by atoms with Crippen molar-refractivity contribution in [3.05, 3.63) is 28.3 Å². The molecule has 0 saturated carbocycles. The fourth-order valence-corrected chi connectivity index (χ4v) is 2.88. The molecule has 120 valence electrons. The lowest BCUT2D eigenvalue weighted by molar-refractivity contribution is 0.184. The summed E-state index contributed by atoms with van der Waals surface area (Å²) in [7, 11) is 0. The van der Waals surface area contributed by atoms with E-state index in [0.29, 0.717) is 18.6 Å². The number of ether oxygens (including phenoxy) is 1. The highest BCUT2D eigenvalue weighted by Crippen LogP contribution is 2.31. The number of aryl methyl sites for hydroxylation is 1. The van der Waals surface area contributed by atoms with Gasteiger partial charge in [-0.15, -0.1) is 0 Å². The van der Waals surface area contributed by atoms with Gasteiger partial charge in [-0.25, -0.2) is 0 Å². The fraction of sp³-hybridized carbons (Fsp3) is 0.647. The van der Waals surface area contributed by atoms with Crippen LogP contribution in [-0.4, -0.2) is 36.0 Å². The highest BCUT2D eigenvalue weighted by Gasteiger charge is 2.13. The molecule has 4 heteroatoms. The number of halogens is 2. The number of rotatable bonds is 8. The highest BCUT2D eigenvalue weighted by atomic mass is 79.9. The summed E-state index contributed by atoms with van der Waals surface area (Å²) in [4.78, 5) is 2.41. The van der Waals surface area contributed by atoms with Crippen molar-refractivity contribution < 1.29 is 4.74 Å². The molecule has 0 unspecified atom stereocenters. The van der Waals surface area contributed by atoms with Crippen molar-refractivity contribution in [2.45, 2.75) is 46.6 Å². The number of alkyl halides is 1. The van der Waals surface area contributed by atoms with Crippen molar-refractivity contribution in [2.24, 2.45) is 0 Å². The average molecular weight is 377 g/mol. The Labute approximate surface area is 142 Å². The molecule has 0 bridgehead atoms. The molecule has 1 aromatic carbocycles. The van der Waals surface area contributed by atoms with Gasteiger partial charge in [0, 0.05) is 29.5 Å². The Hall–Kier alpha value is -0.250. The van der Waals surface area contributed by atoms with E-state index in [-0.39, 0.29) is 0 Å². The van der Waals surface area contributed by atoms with E-state index in [1.165, 1.54) is 5.56 Å². The standard InChI is InChI=1S/C17H27BrClNO/c1-12(2)15-11-16(19)14(5)10-17(15)21-9-8-20(7-6-18)13(3)4/h10-13H,6-9H2,1-5H3. The number of hydrogen-bond donors (Lipinski definition) is 0. The van der Waals surface area contributed by atoms with Crippen LogP contribution in [0.1, 0.15) is 44.7 Å². The zero-order valence-corrected chi connectivity index (χ0v) is 16.1. The first-order valence-corrected chi connectivity index (χ1v) is 9.09. The van der Waals surface area contributed by atoms with Gasteiger partial charge < -0.3 is 4.74 Å². The van der Waals surface area contributed by atoms with Gasteiger partial charge in [0.1, 0.15) is 12.4 Å². The molecule has 21 heavy (non-hydrogen) atoms. The minimum atomic E-state index is 0.404. The summed E-state index contributed by atoms with van der Waals surface area (Å²) in [5.74, 6) is 1.37. The Bertz CT molecular complexity index is 449. The minimum Gasteiger partial charge on any atom is -0.492 e. The van der Waals surface area contributed by atoms with E-state index in [1.54, 1.807) is 0 Å². The molecule has 0 radical (unpaired) electrons. The summed E-state index contributed by atoms with van der Waals surface area (Å²) in [6.45, 7) is 13.5. The van der Waals surface area contributed by atoms with E-state index in [9.17, 15) is 0 Å². The third-order valence-corrected chi connectivity index (χ3v) is 4.41.